The van der Waals surface area contributed by atoms with Crippen LogP contribution in [0.15, 0.2) is 79.1 Å². The molecule has 0 bridgehead atoms. The van der Waals surface area contributed by atoms with E-state index < -0.39 is 0 Å². The van der Waals surface area contributed by atoms with Gasteiger partial charge in [0.15, 0.2) is 5.78 Å². The molecule has 2 aromatic carbocycles. The molecule has 2 aromatic heterocycles. The number of carbonyl (C=O) groups is 1. The zero-order chi connectivity index (χ0) is 21.4. The number of hydrogen-bond acceptors (Lipinski definition) is 2. The van der Waals surface area contributed by atoms with Crippen LogP contribution < -0.4 is 0 Å². The van der Waals surface area contributed by atoms with Crippen molar-refractivity contribution in [3.63, 3.8) is 0 Å². The molecular formula is C28H26N2O. The summed E-state index contributed by atoms with van der Waals surface area (Å²) in [6.45, 7) is 4.34. The third-order valence-electron chi connectivity index (χ3n) is 6.19. The van der Waals surface area contributed by atoms with Gasteiger partial charge in [-0.3, -0.25) is 9.78 Å². The highest BCUT2D eigenvalue weighted by atomic mass is 16.1. The average molecular weight is 407 g/mol. The third kappa shape index (κ3) is 3.72. The highest BCUT2D eigenvalue weighted by Gasteiger charge is 2.35. The molecule has 0 atom stereocenters. The molecule has 0 unspecified atom stereocenters. The number of carbonyl (C=O) groups excluding carboxylic acids is 1. The average Bonchev–Trinajstić information content (AvgIpc) is 3.12. The number of rotatable bonds is 4. The topological polar surface area (TPSA) is 45.8 Å². The number of H-pyrrole nitrogens is 1. The summed E-state index contributed by atoms with van der Waals surface area (Å²) in [4.78, 5) is 21.1. The molecule has 0 radical (unpaired) electrons. The van der Waals surface area contributed by atoms with Crippen molar-refractivity contribution in [1.82, 2.24) is 9.97 Å². The first-order valence-corrected chi connectivity index (χ1v) is 10.8. The maximum absolute atomic E-state index is 13.3. The van der Waals surface area contributed by atoms with Gasteiger partial charge in [0.05, 0.1) is 5.69 Å². The Bertz CT molecular complexity index is 1240. The molecule has 4 aromatic rings. The predicted molar refractivity (Wildman–Crippen MR) is 125 cm³/mol. The third-order valence-corrected chi connectivity index (χ3v) is 6.19. The number of aromatic amines is 1. The zero-order valence-electron chi connectivity index (χ0n) is 18.0. The number of pyridine rings is 1. The number of fused-ring (bicyclic) bond motifs is 1. The lowest BCUT2D eigenvalue weighted by Gasteiger charge is -2.28. The zero-order valence-corrected chi connectivity index (χ0v) is 18.0. The van der Waals surface area contributed by atoms with E-state index in [0.29, 0.717) is 12.8 Å². The minimum absolute atomic E-state index is 0.0241. The Hall–Kier alpha value is -3.46. The molecule has 5 rings (SSSR count). The smallest absolute Gasteiger partial charge is 0.165 e. The van der Waals surface area contributed by atoms with Crippen LogP contribution in [0.25, 0.3) is 22.4 Å². The first kappa shape index (κ1) is 19.5. The van der Waals surface area contributed by atoms with Crippen LogP contribution in [-0.2, 0) is 12.8 Å². The highest BCUT2D eigenvalue weighted by molar-refractivity contribution is 6.02. The normalized spacial score (nSPS) is 15.0. The second-order valence-electron chi connectivity index (χ2n) is 9.21. The lowest BCUT2D eigenvalue weighted by Crippen LogP contribution is -2.27. The minimum Gasteiger partial charge on any atom is -0.358 e. The molecule has 1 N–H and O–H groups in total. The molecule has 2 heterocycles. The molecule has 1 aliphatic carbocycles. The molecule has 3 nitrogen and oxygen atoms in total. The first-order chi connectivity index (χ1) is 15.0. The summed E-state index contributed by atoms with van der Waals surface area (Å²) < 4.78 is 0. The van der Waals surface area contributed by atoms with Gasteiger partial charge in [-0.1, -0.05) is 68.4 Å². The fourth-order valence-electron chi connectivity index (χ4n) is 4.84. The fraction of sp³-hybridized carbons (Fsp3) is 0.214. The first-order valence-electron chi connectivity index (χ1n) is 10.8. The van der Waals surface area contributed by atoms with Gasteiger partial charge in [0.25, 0.3) is 0 Å². The van der Waals surface area contributed by atoms with E-state index in [4.69, 9.17) is 0 Å². The Morgan fingerprint density at radius 3 is 2.35 bits per heavy atom. The van der Waals surface area contributed by atoms with Gasteiger partial charge in [0.1, 0.15) is 0 Å². The van der Waals surface area contributed by atoms with Crippen LogP contribution in [-0.4, -0.2) is 15.8 Å². The molecule has 154 valence electrons. The Balaban J connectivity index is 1.67. The molecule has 3 heteroatoms. The van der Waals surface area contributed by atoms with Crippen molar-refractivity contribution in [1.29, 1.82) is 0 Å². The van der Waals surface area contributed by atoms with Gasteiger partial charge in [-0.05, 0) is 46.2 Å². The number of Topliss-reactive ketones (excluding diaryl/α,β-unsaturated/α-hetero) is 1. The van der Waals surface area contributed by atoms with Crippen molar-refractivity contribution in [2.75, 3.05) is 0 Å². The number of nitrogens with zero attached hydrogens (tertiary/aromatic N) is 1. The molecule has 0 aliphatic heterocycles. The van der Waals surface area contributed by atoms with Crippen LogP contribution in [0, 0.1) is 5.41 Å². The Morgan fingerprint density at radius 2 is 1.58 bits per heavy atom. The standard InChI is InChI=1S/C28H26N2O/c1-28(2)17-24-26(25(31)18-28)23(27(30-24)20-12-14-29-15-13-20)16-21-10-6-7-11-22(21)19-8-4-3-5-9-19/h3-15,30H,16-18H2,1-2H3. The monoisotopic (exact) mass is 406 g/mol. The van der Waals surface area contributed by atoms with Crippen LogP contribution in [0.5, 0.6) is 0 Å². The van der Waals surface area contributed by atoms with Crippen molar-refractivity contribution in [3.8, 4) is 22.4 Å². The molecule has 31 heavy (non-hydrogen) atoms. The van der Waals surface area contributed by atoms with Crippen LogP contribution in [0.3, 0.4) is 0 Å². The molecule has 0 spiro atoms. The van der Waals surface area contributed by atoms with Crippen molar-refractivity contribution >= 4 is 5.78 Å². The predicted octanol–water partition coefficient (Wildman–Crippen LogP) is 6.49. The van der Waals surface area contributed by atoms with Gasteiger partial charge in [0, 0.05) is 42.1 Å². The van der Waals surface area contributed by atoms with Crippen molar-refractivity contribution in [3.05, 3.63) is 102 Å². The van der Waals surface area contributed by atoms with Crippen LogP contribution >= 0.6 is 0 Å². The summed E-state index contributed by atoms with van der Waals surface area (Å²) in [7, 11) is 0. The molecule has 0 saturated carbocycles. The van der Waals surface area contributed by atoms with E-state index in [2.05, 4.69) is 72.3 Å². The quantitative estimate of drug-likeness (QED) is 0.421. The summed E-state index contributed by atoms with van der Waals surface area (Å²) in [5.41, 5.74) is 8.79. The van der Waals surface area contributed by atoms with Crippen LogP contribution in [0.4, 0.5) is 0 Å². The number of ketones is 1. The van der Waals surface area contributed by atoms with Crippen molar-refractivity contribution < 1.29 is 4.79 Å². The molecule has 1 aliphatic rings. The van der Waals surface area contributed by atoms with Crippen LogP contribution in [0.1, 0.15) is 47.4 Å². The van der Waals surface area contributed by atoms with E-state index >= 15 is 0 Å². The number of benzene rings is 2. The lowest BCUT2D eigenvalue weighted by molar-refractivity contribution is 0.0911. The second-order valence-corrected chi connectivity index (χ2v) is 9.21. The van der Waals surface area contributed by atoms with Gasteiger partial charge < -0.3 is 4.98 Å². The van der Waals surface area contributed by atoms with E-state index in [1.807, 2.05) is 30.6 Å². The van der Waals surface area contributed by atoms with E-state index in [0.717, 1.165) is 34.5 Å². The molecular weight excluding hydrogens is 380 g/mol. The lowest BCUT2D eigenvalue weighted by atomic mass is 9.75. The summed E-state index contributed by atoms with van der Waals surface area (Å²) >= 11 is 0. The Kier molecular flexibility index (Phi) is 4.82. The van der Waals surface area contributed by atoms with Gasteiger partial charge in [-0.15, -0.1) is 0 Å². The molecule has 0 amide bonds. The summed E-state index contributed by atoms with van der Waals surface area (Å²) in [5.74, 6) is 0.245. The number of aromatic nitrogens is 2. The van der Waals surface area contributed by atoms with Crippen molar-refractivity contribution in [2.24, 2.45) is 5.41 Å². The van der Waals surface area contributed by atoms with E-state index in [-0.39, 0.29) is 11.2 Å². The number of hydrogen-bond donors (Lipinski definition) is 1. The van der Waals surface area contributed by atoms with E-state index in [9.17, 15) is 4.79 Å². The van der Waals surface area contributed by atoms with Crippen LogP contribution in [0.2, 0.25) is 0 Å². The highest BCUT2D eigenvalue weighted by Crippen LogP contribution is 2.41. The number of nitrogens with one attached hydrogen (secondary N) is 1. The summed E-state index contributed by atoms with van der Waals surface area (Å²) in [6, 6.07) is 23.0. The van der Waals surface area contributed by atoms with Gasteiger partial charge >= 0.3 is 0 Å². The maximum Gasteiger partial charge on any atom is 0.165 e. The van der Waals surface area contributed by atoms with Gasteiger partial charge in [0.2, 0.25) is 0 Å². The Morgan fingerprint density at radius 1 is 0.871 bits per heavy atom. The van der Waals surface area contributed by atoms with E-state index in [1.54, 1.807) is 0 Å². The minimum atomic E-state index is -0.0241. The fourth-order valence-corrected chi connectivity index (χ4v) is 4.84. The summed E-state index contributed by atoms with van der Waals surface area (Å²) in [5, 5.41) is 0. The summed E-state index contributed by atoms with van der Waals surface area (Å²) in [6.07, 6.45) is 5.79. The maximum atomic E-state index is 13.3. The van der Waals surface area contributed by atoms with Gasteiger partial charge in [-0.2, -0.15) is 0 Å². The largest absolute Gasteiger partial charge is 0.358 e. The SMILES string of the molecule is CC1(C)CC(=O)c2c([nH]c(-c3ccncc3)c2Cc2ccccc2-c2ccccc2)C1. The second kappa shape index (κ2) is 7.66. The molecule has 0 saturated heterocycles. The van der Waals surface area contributed by atoms with Crippen molar-refractivity contribution in [2.45, 2.75) is 33.1 Å². The van der Waals surface area contributed by atoms with Gasteiger partial charge in [-0.25, -0.2) is 0 Å². The Labute approximate surface area is 183 Å². The van der Waals surface area contributed by atoms with E-state index in [1.165, 1.54) is 16.7 Å². The molecule has 0 fully saturated rings.